The Labute approximate surface area is 199 Å². The van der Waals surface area contributed by atoms with Crippen molar-refractivity contribution in [1.29, 1.82) is 0 Å². The van der Waals surface area contributed by atoms with Gasteiger partial charge in [-0.1, -0.05) is 24.3 Å². The van der Waals surface area contributed by atoms with Gasteiger partial charge in [-0.25, -0.2) is 14.5 Å². The molecular formula is C25H30N4O5. The lowest BCUT2D eigenvalue weighted by Gasteiger charge is -2.20. The lowest BCUT2D eigenvalue weighted by Crippen LogP contribution is -2.40. The number of hydrogen-bond donors (Lipinski definition) is 1. The highest BCUT2D eigenvalue weighted by molar-refractivity contribution is 5.92. The fraction of sp³-hybridized carbons (Fsp3) is 0.320. The number of ether oxygens (including phenoxy) is 2. The summed E-state index contributed by atoms with van der Waals surface area (Å²) in [4.78, 5) is 29.6. The van der Waals surface area contributed by atoms with Crippen LogP contribution in [0.5, 0.6) is 5.75 Å². The van der Waals surface area contributed by atoms with Crippen LogP contribution < -0.4 is 10.1 Å². The van der Waals surface area contributed by atoms with Gasteiger partial charge in [0.2, 0.25) is 0 Å². The summed E-state index contributed by atoms with van der Waals surface area (Å²) in [6.45, 7) is 5.80. The lowest BCUT2D eigenvalue weighted by molar-refractivity contribution is -0.0760. The minimum atomic E-state index is -0.473. The maximum atomic E-state index is 12.7. The third kappa shape index (κ3) is 6.14. The van der Waals surface area contributed by atoms with Gasteiger partial charge in [0.1, 0.15) is 12.4 Å². The molecule has 0 fully saturated rings. The maximum absolute atomic E-state index is 12.7. The van der Waals surface area contributed by atoms with Crippen LogP contribution >= 0.6 is 0 Å². The maximum Gasteiger partial charge on any atom is 0.407 e. The first-order chi connectivity index (χ1) is 16.1. The van der Waals surface area contributed by atoms with E-state index in [1.807, 2.05) is 69.3 Å². The Kier molecular flexibility index (Phi) is 7.57. The molecule has 0 spiro atoms. The summed E-state index contributed by atoms with van der Waals surface area (Å²) < 4.78 is 12.2. The molecule has 2 aromatic carbocycles. The molecule has 0 aliphatic rings. The average molecular weight is 467 g/mol. The highest BCUT2D eigenvalue weighted by Gasteiger charge is 2.20. The number of nitrogens with zero attached hydrogens (tertiary/aromatic N) is 3. The molecule has 3 rings (SSSR count). The summed E-state index contributed by atoms with van der Waals surface area (Å²) in [5.74, 6) is 0.346. The van der Waals surface area contributed by atoms with E-state index in [2.05, 4.69) is 10.4 Å². The molecule has 1 aromatic heterocycles. The SMILES string of the molecule is COc1ccc(-n2nc(C(=O)N(C)OC)cc2-c2ccc(COC(=O)NC(C)(C)C)cc2)cc1. The van der Waals surface area contributed by atoms with Crippen LogP contribution in [0.3, 0.4) is 0 Å². The minimum Gasteiger partial charge on any atom is -0.497 e. The average Bonchev–Trinajstić information content (AvgIpc) is 3.26. The number of amides is 2. The third-order valence-electron chi connectivity index (χ3n) is 4.90. The number of benzene rings is 2. The van der Waals surface area contributed by atoms with Crippen molar-refractivity contribution in [1.82, 2.24) is 20.2 Å². The summed E-state index contributed by atoms with van der Waals surface area (Å²) in [5, 5.41) is 8.40. The standard InChI is InChI=1S/C25H30N4O5/c1-25(2,3)26-24(31)34-16-17-7-9-18(10-8-17)22-15-21(23(30)28(4)33-6)27-29(22)19-11-13-20(32-5)14-12-19/h7-15H,16H2,1-6H3,(H,26,31). The third-order valence-corrected chi connectivity index (χ3v) is 4.90. The van der Waals surface area contributed by atoms with Crippen molar-refractivity contribution in [3.63, 3.8) is 0 Å². The molecule has 0 radical (unpaired) electrons. The van der Waals surface area contributed by atoms with Gasteiger partial charge >= 0.3 is 6.09 Å². The number of hydrogen-bond acceptors (Lipinski definition) is 6. The largest absolute Gasteiger partial charge is 0.497 e. The second-order valence-corrected chi connectivity index (χ2v) is 8.66. The molecule has 3 aromatic rings. The molecule has 180 valence electrons. The van der Waals surface area contributed by atoms with Gasteiger partial charge in [0.05, 0.1) is 25.6 Å². The first-order valence-electron chi connectivity index (χ1n) is 10.7. The second-order valence-electron chi connectivity index (χ2n) is 8.66. The monoisotopic (exact) mass is 466 g/mol. The zero-order valence-corrected chi connectivity index (χ0v) is 20.3. The van der Waals surface area contributed by atoms with Crippen LogP contribution in [0, 0.1) is 0 Å². The van der Waals surface area contributed by atoms with Crippen LogP contribution in [0.4, 0.5) is 4.79 Å². The molecule has 0 saturated carbocycles. The smallest absolute Gasteiger partial charge is 0.407 e. The van der Waals surface area contributed by atoms with Crippen LogP contribution in [0.2, 0.25) is 0 Å². The summed E-state index contributed by atoms with van der Waals surface area (Å²) in [5.41, 5.74) is 3.02. The zero-order chi connectivity index (χ0) is 24.9. The summed E-state index contributed by atoms with van der Waals surface area (Å²) in [7, 11) is 4.55. The van der Waals surface area contributed by atoms with Crippen LogP contribution in [0.1, 0.15) is 36.8 Å². The molecule has 1 N–H and O–H groups in total. The predicted molar refractivity (Wildman–Crippen MR) is 128 cm³/mol. The molecule has 0 aliphatic heterocycles. The van der Waals surface area contributed by atoms with Gasteiger partial charge in [0.15, 0.2) is 5.69 Å². The van der Waals surface area contributed by atoms with Crippen molar-refractivity contribution in [2.75, 3.05) is 21.3 Å². The molecule has 34 heavy (non-hydrogen) atoms. The summed E-state index contributed by atoms with van der Waals surface area (Å²) in [6.07, 6.45) is -0.473. The first kappa shape index (κ1) is 24.8. The fourth-order valence-electron chi connectivity index (χ4n) is 3.12. The van der Waals surface area contributed by atoms with E-state index in [9.17, 15) is 9.59 Å². The number of methoxy groups -OCH3 is 1. The van der Waals surface area contributed by atoms with E-state index in [4.69, 9.17) is 14.3 Å². The second kappa shape index (κ2) is 10.4. The van der Waals surface area contributed by atoms with Crippen molar-refractivity contribution in [2.45, 2.75) is 32.9 Å². The van der Waals surface area contributed by atoms with E-state index < -0.39 is 6.09 Å². The number of rotatable bonds is 7. The molecule has 9 nitrogen and oxygen atoms in total. The Bertz CT molecular complexity index is 1130. The Morgan fingerprint density at radius 2 is 1.68 bits per heavy atom. The topological polar surface area (TPSA) is 94.9 Å². The highest BCUT2D eigenvalue weighted by atomic mass is 16.7. The summed E-state index contributed by atoms with van der Waals surface area (Å²) in [6, 6.07) is 16.6. The van der Waals surface area contributed by atoms with Gasteiger partial charge in [-0.05, 0) is 56.7 Å². The van der Waals surface area contributed by atoms with Gasteiger partial charge in [-0.2, -0.15) is 5.10 Å². The van der Waals surface area contributed by atoms with Gasteiger partial charge in [-0.3, -0.25) is 9.63 Å². The predicted octanol–water partition coefficient (Wildman–Crippen LogP) is 4.21. The Balaban J connectivity index is 1.88. The van der Waals surface area contributed by atoms with E-state index in [1.54, 1.807) is 17.9 Å². The molecule has 0 saturated heterocycles. The zero-order valence-electron chi connectivity index (χ0n) is 20.3. The van der Waals surface area contributed by atoms with Gasteiger partial charge < -0.3 is 14.8 Å². The van der Waals surface area contributed by atoms with Crippen molar-refractivity contribution in [3.05, 3.63) is 65.9 Å². The van der Waals surface area contributed by atoms with E-state index in [0.29, 0.717) is 5.75 Å². The number of carbonyl (C=O) groups excluding carboxylic acids is 2. The molecule has 0 atom stereocenters. The number of alkyl carbamates (subject to hydrolysis) is 1. The number of nitrogens with one attached hydrogen (secondary N) is 1. The van der Waals surface area contributed by atoms with Gasteiger partial charge in [0.25, 0.3) is 5.91 Å². The van der Waals surface area contributed by atoms with Crippen molar-refractivity contribution in [3.8, 4) is 22.7 Å². The van der Waals surface area contributed by atoms with E-state index in [1.165, 1.54) is 14.2 Å². The van der Waals surface area contributed by atoms with Crippen LogP contribution in [0.25, 0.3) is 16.9 Å². The number of carbonyl (C=O) groups is 2. The van der Waals surface area contributed by atoms with E-state index in [0.717, 1.165) is 27.6 Å². The fourth-order valence-corrected chi connectivity index (χ4v) is 3.12. The molecule has 0 unspecified atom stereocenters. The van der Waals surface area contributed by atoms with E-state index in [-0.39, 0.29) is 23.7 Å². The number of hydroxylamine groups is 2. The molecule has 0 bridgehead atoms. The molecule has 9 heteroatoms. The van der Waals surface area contributed by atoms with Gasteiger partial charge in [0, 0.05) is 18.2 Å². The Morgan fingerprint density at radius 3 is 2.24 bits per heavy atom. The van der Waals surface area contributed by atoms with Crippen LogP contribution in [0.15, 0.2) is 54.6 Å². The molecule has 1 heterocycles. The lowest BCUT2D eigenvalue weighted by atomic mass is 10.1. The Morgan fingerprint density at radius 1 is 1.03 bits per heavy atom. The highest BCUT2D eigenvalue weighted by Crippen LogP contribution is 2.26. The summed E-state index contributed by atoms with van der Waals surface area (Å²) >= 11 is 0. The van der Waals surface area contributed by atoms with Crippen molar-refractivity contribution < 1.29 is 23.9 Å². The molecular weight excluding hydrogens is 436 g/mol. The normalized spacial score (nSPS) is 11.1. The number of aromatic nitrogens is 2. The van der Waals surface area contributed by atoms with E-state index >= 15 is 0 Å². The quantitative estimate of drug-likeness (QED) is 0.524. The van der Waals surface area contributed by atoms with Crippen molar-refractivity contribution in [2.24, 2.45) is 0 Å². The van der Waals surface area contributed by atoms with Crippen LogP contribution in [-0.4, -0.2) is 53.7 Å². The molecule has 0 aliphatic carbocycles. The van der Waals surface area contributed by atoms with Crippen LogP contribution in [-0.2, 0) is 16.2 Å². The minimum absolute atomic E-state index is 0.141. The molecule has 2 amide bonds. The Hall–Kier alpha value is -3.85. The first-order valence-corrected chi connectivity index (χ1v) is 10.7. The van der Waals surface area contributed by atoms with Gasteiger partial charge in [-0.15, -0.1) is 0 Å². The van der Waals surface area contributed by atoms with Crippen molar-refractivity contribution >= 4 is 12.0 Å².